The van der Waals surface area contributed by atoms with Crippen molar-refractivity contribution in [3.8, 4) is 5.75 Å². The fraction of sp³-hybridized carbons (Fsp3) is 0.409. The Bertz CT molecular complexity index is 869. The summed E-state index contributed by atoms with van der Waals surface area (Å²) in [7, 11) is 1.83. The average Bonchev–Trinajstić information content (AvgIpc) is 3.39. The van der Waals surface area contributed by atoms with Gasteiger partial charge >= 0.3 is 0 Å². The van der Waals surface area contributed by atoms with Crippen molar-refractivity contribution in [1.82, 2.24) is 4.90 Å². The molecule has 1 amide bonds. The van der Waals surface area contributed by atoms with Crippen molar-refractivity contribution in [1.29, 1.82) is 0 Å². The minimum Gasteiger partial charge on any atom is -0.488 e. The zero-order valence-electron chi connectivity index (χ0n) is 15.9. The Balaban J connectivity index is 1.51. The summed E-state index contributed by atoms with van der Waals surface area (Å²) in [6.45, 7) is 1.48. The predicted octanol–water partition coefficient (Wildman–Crippen LogP) is 5.16. The molecular formula is C22H24Cl2N2O2. The lowest BCUT2D eigenvalue weighted by Crippen LogP contribution is -2.44. The molecule has 1 aliphatic carbocycles. The molecule has 4 rings (SSSR count). The minimum absolute atomic E-state index is 0.0856. The summed E-state index contributed by atoms with van der Waals surface area (Å²) >= 11 is 12.5. The molecular weight excluding hydrogens is 395 g/mol. The number of carbonyl (C=O) groups excluding carboxylic acids is 1. The van der Waals surface area contributed by atoms with Gasteiger partial charge in [0.05, 0.1) is 17.8 Å². The lowest BCUT2D eigenvalue weighted by atomic mass is 10.1. The van der Waals surface area contributed by atoms with E-state index in [-0.39, 0.29) is 18.1 Å². The number of hydrogen-bond acceptors (Lipinski definition) is 3. The van der Waals surface area contributed by atoms with Gasteiger partial charge < -0.3 is 9.64 Å². The number of ether oxygens (including phenoxy) is 1. The standard InChI is InChI=1S/C22H24Cl2N2O2/c1-25(19-5-2-3-7-21(19)28-17-9-10-17)22(27)20-6-4-12-26(20)14-15-13-16(23)8-11-18(15)24/h2-3,5,7-8,11,13,17,20H,4,6,9-10,12,14H2,1H3/t20-/m0/s1. The minimum atomic E-state index is -0.172. The highest BCUT2D eigenvalue weighted by Crippen LogP contribution is 2.35. The Kier molecular flexibility index (Phi) is 5.81. The Morgan fingerprint density at radius 2 is 1.96 bits per heavy atom. The van der Waals surface area contributed by atoms with Crippen LogP contribution >= 0.6 is 23.2 Å². The lowest BCUT2D eigenvalue weighted by molar-refractivity contribution is -0.122. The number of likely N-dealkylation sites (tertiary alicyclic amines) is 1. The molecule has 0 bridgehead atoms. The Morgan fingerprint density at radius 1 is 1.18 bits per heavy atom. The predicted molar refractivity (Wildman–Crippen MR) is 113 cm³/mol. The van der Waals surface area contributed by atoms with Crippen LogP contribution in [-0.4, -0.2) is 36.5 Å². The van der Waals surface area contributed by atoms with Gasteiger partial charge in [0.2, 0.25) is 5.91 Å². The van der Waals surface area contributed by atoms with E-state index in [1.807, 2.05) is 43.4 Å². The van der Waals surface area contributed by atoms with Crippen molar-refractivity contribution in [2.24, 2.45) is 0 Å². The Labute approximate surface area is 176 Å². The van der Waals surface area contributed by atoms with E-state index in [1.165, 1.54) is 0 Å². The molecule has 2 aliphatic rings. The molecule has 0 unspecified atom stereocenters. The van der Waals surface area contributed by atoms with Crippen LogP contribution in [0, 0.1) is 0 Å². The lowest BCUT2D eigenvalue weighted by Gasteiger charge is -2.29. The zero-order valence-corrected chi connectivity index (χ0v) is 17.4. The van der Waals surface area contributed by atoms with Crippen LogP contribution in [0.4, 0.5) is 5.69 Å². The summed E-state index contributed by atoms with van der Waals surface area (Å²) in [5.74, 6) is 0.866. The van der Waals surface area contributed by atoms with Crippen LogP contribution in [0.1, 0.15) is 31.2 Å². The van der Waals surface area contributed by atoms with Crippen LogP contribution in [0.25, 0.3) is 0 Å². The van der Waals surface area contributed by atoms with Crippen LogP contribution < -0.4 is 9.64 Å². The van der Waals surface area contributed by atoms with Gasteiger partial charge in [-0.05, 0) is 68.1 Å². The molecule has 148 valence electrons. The Hall–Kier alpha value is -1.75. The number of benzene rings is 2. The van der Waals surface area contributed by atoms with E-state index in [1.54, 1.807) is 11.0 Å². The number of anilines is 1. The number of likely N-dealkylation sites (N-methyl/N-ethyl adjacent to an activating group) is 1. The van der Waals surface area contributed by atoms with Crippen LogP contribution in [0.5, 0.6) is 5.75 Å². The third-order valence-electron chi connectivity index (χ3n) is 5.41. The molecule has 4 nitrogen and oxygen atoms in total. The first-order valence-corrected chi connectivity index (χ1v) is 10.5. The highest BCUT2D eigenvalue weighted by Gasteiger charge is 2.34. The van der Waals surface area contributed by atoms with Gasteiger partial charge in [-0.1, -0.05) is 35.3 Å². The molecule has 1 saturated heterocycles. The van der Waals surface area contributed by atoms with Gasteiger partial charge in [-0.25, -0.2) is 0 Å². The van der Waals surface area contributed by atoms with E-state index in [9.17, 15) is 4.79 Å². The second-order valence-electron chi connectivity index (χ2n) is 7.55. The quantitative estimate of drug-likeness (QED) is 0.648. The summed E-state index contributed by atoms with van der Waals surface area (Å²) < 4.78 is 6.00. The fourth-order valence-electron chi connectivity index (χ4n) is 3.72. The highest BCUT2D eigenvalue weighted by molar-refractivity contribution is 6.33. The summed E-state index contributed by atoms with van der Waals surface area (Å²) in [5.41, 5.74) is 1.78. The van der Waals surface area contributed by atoms with E-state index in [4.69, 9.17) is 27.9 Å². The Morgan fingerprint density at radius 3 is 2.75 bits per heavy atom. The van der Waals surface area contributed by atoms with E-state index in [0.717, 1.165) is 49.2 Å². The van der Waals surface area contributed by atoms with Gasteiger partial charge in [0, 0.05) is 23.6 Å². The summed E-state index contributed by atoms with van der Waals surface area (Å²) in [6.07, 6.45) is 4.29. The topological polar surface area (TPSA) is 32.8 Å². The van der Waals surface area contributed by atoms with Crippen molar-refractivity contribution in [2.75, 3.05) is 18.5 Å². The number of para-hydroxylation sites is 2. The number of nitrogens with zero attached hydrogens (tertiary/aromatic N) is 2. The molecule has 28 heavy (non-hydrogen) atoms. The molecule has 0 aromatic heterocycles. The molecule has 0 spiro atoms. The summed E-state index contributed by atoms with van der Waals surface area (Å²) in [5, 5.41) is 1.34. The largest absolute Gasteiger partial charge is 0.488 e. The molecule has 6 heteroatoms. The number of amides is 1. The maximum atomic E-state index is 13.3. The third-order valence-corrected chi connectivity index (χ3v) is 6.01. The zero-order chi connectivity index (χ0) is 19.7. The molecule has 2 fully saturated rings. The van der Waals surface area contributed by atoms with Crippen molar-refractivity contribution < 1.29 is 9.53 Å². The van der Waals surface area contributed by atoms with Crippen molar-refractivity contribution in [3.05, 3.63) is 58.1 Å². The van der Waals surface area contributed by atoms with E-state index in [0.29, 0.717) is 16.6 Å². The smallest absolute Gasteiger partial charge is 0.244 e. The molecule has 2 aromatic carbocycles. The van der Waals surface area contributed by atoms with Crippen LogP contribution in [0.3, 0.4) is 0 Å². The van der Waals surface area contributed by atoms with E-state index in [2.05, 4.69) is 4.90 Å². The second kappa shape index (κ2) is 8.32. The number of hydrogen-bond donors (Lipinski definition) is 0. The van der Waals surface area contributed by atoms with Crippen molar-refractivity contribution in [2.45, 2.75) is 44.4 Å². The van der Waals surface area contributed by atoms with Gasteiger partial charge in [-0.2, -0.15) is 0 Å². The first-order chi connectivity index (χ1) is 13.5. The maximum Gasteiger partial charge on any atom is 0.244 e. The molecule has 2 aromatic rings. The molecule has 1 saturated carbocycles. The van der Waals surface area contributed by atoms with Crippen LogP contribution in [0.15, 0.2) is 42.5 Å². The molecule has 1 aliphatic heterocycles. The summed E-state index contributed by atoms with van der Waals surface area (Å²) in [4.78, 5) is 17.3. The molecule has 1 atom stereocenters. The van der Waals surface area contributed by atoms with Gasteiger partial charge in [0.25, 0.3) is 0 Å². The van der Waals surface area contributed by atoms with Crippen LogP contribution in [-0.2, 0) is 11.3 Å². The summed E-state index contributed by atoms with van der Waals surface area (Å²) in [6, 6.07) is 13.1. The van der Waals surface area contributed by atoms with Crippen molar-refractivity contribution in [3.63, 3.8) is 0 Å². The van der Waals surface area contributed by atoms with Gasteiger partial charge in [0.15, 0.2) is 0 Å². The normalized spacial score (nSPS) is 19.6. The van der Waals surface area contributed by atoms with Gasteiger partial charge in [0.1, 0.15) is 5.75 Å². The van der Waals surface area contributed by atoms with Crippen LogP contribution in [0.2, 0.25) is 10.0 Å². The van der Waals surface area contributed by atoms with E-state index >= 15 is 0 Å². The molecule has 0 radical (unpaired) electrons. The SMILES string of the molecule is CN(C(=O)[C@@H]1CCCN1Cc1cc(Cl)ccc1Cl)c1ccccc1OC1CC1. The molecule has 0 N–H and O–H groups in total. The molecule has 1 heterocycles. The number of halogens is 2. The highest BCUT2D eigenvalue weighted by atomic mass is 35.5. The van der Waals surface area contributed by atoms with Gasteiger partial charge in [-0.15, -0.1) is 0 Å². The number of rotatable bonds is 6. The fourth-order valence-corrected chi connectivity index (χ4v) is 4.09. The van der Waals surface area contributed by atoms with Crippen molar-refractivity contribution >= 4 is 34.8 Å². The number of carbonyl (C=O) groups is 1. The first-order valence-electron chi connectivity index (χ1n) is 9.74. The third kappa shape index (κ3) is 4.29. The maximum absolute atomic E-state index is 13.3. The average molecular weight is 419 g/mol. The monoisotopic (exact) mass is 418 g/mol. The first kappa shape index (κ1) is 19.6. The van der Waals surface area contributed by atoms with Gasteiger partial charge in [-0.3, -0.25) is 9.69 Å². The van der Waals surface area contributed by atoms with E-state index < -0.39 is 0 Å². The second-order valence-corrected chi connectivity index (χ2v) is 8.39.